The second-order valence-electron chi connectivity index (χ2n) is 2.84. The summed E-state index contributed by atoms with van der Waals surface area (Å²) in [7, 11) is 0. The van der Waals surface area contributed by atoms with E-state index in [0.717, 1.165) is 0 Å². The lowest BCUT2D eigenvalue weighted by atomic mass is 10.1. The molecule has 0 fully saturated rings. The van der Waals surface area contributed by atoms with Gasteiger partial charge in [-0.2, -0.15) is 0 Å². The number of benzene rings is 1. The molecule has 72 valence electrons. The first kappa shape index (κ1) is 9.16. The highest BCUT2D eigenvalue weighted by molar-refractivity contribution is 5.88. The first-order valence-electron chi connectivity index (χ1n) is 4.27. The Bertz CT molecular complexity index is 581. The summed E-state index contributed by atoms with van der Waals surface area (Å²) in [6.07, 6.45) is 3.68. The molecule has 0 amide bonds. The SMILES string of the molecule is Nc1ccc2nccnc2c1C#CC=O. The van der Waals surface area contributed by atoms with Crippen LogP contribution < -0.4 is 5.73 Å². The molecule has 4 nitrogen and oxygen atoms in total. The summed E-state index contributed by atoms with van der Waals surface area (Å²) >= 11 is 0. The molecule has 1 aromatic carbocycles. The standard InChI is InChI=1S/C11H7N3O/c12-9-3-4-10-11(14-6-5-13-10)8(9)2-1-7-15/h3-7H,12H2. The first-order chi connectivity index (χ1) is 7.33. The fraction of sp³-hybridized carbons (Fsp3) is 0. The van der Waals surface area contributed by atoms with Gasteiger partial charge in [0.15, 0.2) is 6.29 Å². The molecular formula is C11H7N3O. The Morgan fingerprint density at radius 1 is 1.27 bits per heavy atom. The Morgan fingerprint density at radius 2 is 2.07 bits per heavy atom. The van der Waals surface area contributed by atoms with E-state index in [1.165, 1.54) is 0 Å². The lowest BCUT2D eigenvalue weighted by Gasteiger charge is -2.01. The van der Waals surface area contributed by atoms with E-state index in [1.54, 1.807) is 24.5 Å². The van der Waals surface area contributed by atoms with Gasteiger partial charge in [0.2, 0.25) is 0 Å². The molecule has 0 spiro atoms. The maximum Gasteiger partial charge on any atom is 0.193 e. The summed E-state index contributed by atoms with van der Waals surface area (Å²) in [6, 6.07) is 3.47. The molecule has 2 aromatic rings. The molecular weight excluding hydrogens is 190 g/mol. The van der Waals surface area contributed by atoms with Crippen molar-refractivity contribution >= 4 is 23.0 Å². The van der Waals surface area contributed by atoms with Gasteiger partial charge in [-0.05, 0) is 18.1 Å². The number of hydrogen-bond donors (Lipinski definition) is 1. The monoisotopic (exact) mass is 197 g/mol. The van der Waals surface area contributed by atoms with Crippen LogP contribution >= 0.6 is 0 Å². The molecule has 4 heteroatoms. The van der Waals surface area contributed by atoms with Crippen molar-refractivity contribution in [2.24, 2.45) is 0 Å². The number of aldehydes is 1. The Balaban J connectivity index is 2.79. The van der Waals surface area contributed by atoms with E-state index in [9.17, 15) is 4.79 Å². The normalized spacial score (nSPS) is 9.33. The third kappa shape index (κ3) is 1.63. The Hall–Kier alpha value is -2.41. The molecule has 0 aliphatic heterocycles. The molecule has 2 N–H and O–H groups in total. The summed E-state index contributed by atoms with van der Waals surface area (Å²) < 4.78 is 0. The minimum atomic E-state index is 0.498. The van der Waals surface area contributed by atoms with E-state index in [4.69, 9.17) is 5.73 Å². The Morgan fingerprint density at radius 3 is 2.87 bits per heavy atom. The predicted molar refractivity (Wildman–Crippen MR) is 56.9 cm³/mol. The van der Waals surface area contributed by atoms with Gasteiger partial charge in [0.05, 0.1) is 11.1 Å². The topological polar surface area (TPSA) is 68.9 Å². The Labute approximate surface area is 86.1 Å². The van der Waals surface area contributed by atoms with E-state index in [-0.39, 0.29) is 0 Å². The fourth-order valence-electron chi connectivity index (χ4n) is 1.29. The lowest BCUT2D eigenvalue weighted by Crippen LogP contribution is -1.94. The molecule has 15 heavy (non-hydrogen) atoms. The van der Waals surface area contributed by atoms with E-state index < -0.39 is 0 Å². The fourth-order valence-corrected chi connectivity index (χ4v) is 1.29. The number of nitrogens with zero attached hydrogens (tertiary/aromatic N) is 2. The van der Waals surface area contributed by atoms with Crippen LogP contribution in [0.25, 0.3) is 11.0 Å². The largest absolute Gasteiger partial charge is 0.398 e. The molecule has 0 aliphatic carbocycles. The van der Waals surface area contributed by atoms with Crippen LogP contribution in [0.2, 0.25) is 0 Å². The van der Waals surface area contributed by atoms with Crippen LogP contribution in [0.5, 0.6) is 0 Å². The number of rotatable bonds is 0. The minimum absolute atomic E-state index is 0.498. The third-order valence-electron chi connectivity index (χ3n) is 1.93. The van der Waals surface area contributed by atoms with Crippen molar-refractivity contribution < 1.29 is 4.79 Å². The van der Waals surface area contributed by atoms with E-state index in [1.807, 2.05) is 0 Å². The van der Waals surface area contributed by atoms with Crippen LogP contribution in [0.3, 0.4) is 0 Å². The maximum absolute atomic E-state index is 10.2. The van der Waals surface area contributed by atoms with Crippen LogP contribution in [0.15, 0.2) is 24.5 Å². The quantitative estimate of drug-likeness (QED) is 0.384. The second kappa shape index (κ2) is 3.76. The number of nitrogens with two attached hydrogens (primary N) is 1. The van der Waals surface area contributed by atoms with Gasteiger partial charge in [0.1, 0.15) is 5.52 Å². The smallest absolute Gasteiger partial charge is 0.193 e. The van der Waals surface area contributed by atoms with E-state index in [2.05, 4.69) is 21.8 Å². The van der Waals surface area contributed by atoms with Gasteiger partial charge in [-0.1, -0.05) is 5.92 Å². The molecule has 1 aromatic heterocycles. The number of carbonyl (C=O) groups excluding carboxylic acids is 1. The van der Waals surface area contributed by atoms with Crippen molar-refractivity contribution in [3.63, 3.8) is 0 Å². The van der Waals surface area contributed by atoms with E-state index in [0.29, 0.717) is 28.6 Å². The van der Waals surface area contributed by atoms with Crippen molar-refractivity contribution in [2.45, 2.75) is 0 Å². The molecule has 0 saturated carbocycles. The summed E-state index contributed by atoms with van der Waals surface area (Å²) in [5, 5.41) is 0. The highest BCUT2D eigenvalue weighted by Crippen LogP contribution is 2.19. The van der Waals surface area contributed by atoms with Gasteiger partial charge in [0, 0.05) is 18.1 Å². The number of fused-ring (bicyclic) bond motifs is 1. The summed E-state index contributed by atoms with van der Waals surface area (Å²) in [5.74, 6) is 4.98. The van der Waals surface area contributed by atoms with Crippen molar-refractivity contribution in [3.05, 3.63) is 30.1 Å². The number of anilines is 1. The molecule has 0 atom stereocenters. The molecule has 2 rings (SSSR count). The predicted octanol–water partition coefficient (Wildman–Crippen LogP) is 0.762. The van der Waals surface area contributed by atoms with Crippen LogP contribution in [-0.2, 0) is 4.79 Å². The average Bonchev–Trinajstić information content (AvgIpc) is 2.28. The maximum atomic E-state index is 10.2. The molecule has 0 radical (unpaired) electrons. The number of aromatic nitrogens is 2. The zero-order valence-corrected chi connectivity index (χ0v) is 7.77. The summed E-state index contributed by atoms with van der Waals surface area (Å²) in [5.41, 5.74) is 8.12. The van der Waals surface area contributed by atoms with Crippen LogP contribution in [0.4, 0.5) is 5.69 Å². The molecule has 0 unspecified atom stereocenters. The molecule has 0 bridgehead atoms. The van der Waals surface area contributed by atoms with Gasteiger partial charge in [-0.15, -0.1) is 0 Å². The van der Waals surface area contributed by atoms with Crippen LogP contribution in [0, 0.1) is 11.8 Å². The number of hydrogen-bond acceptors (Lipinski definition) is 4. The summed E-state index contributed by atoms with van der Waals surface area (Å²) in [4.78, 5) is 18.4. The lowest BCUT2D eigenvalue weighted by molar-refractivity contribution is -0.103. The average molecular weight is 197 g/mol. The van der Waals surface area contributed by atoms with Crippen molar-refractivity contribution in [3.8, 4) is 11.8 Å². The Kier molecular flexibility index (Phi) is 2.30. The van der Waals surface area contributed by atoms with Gasteiger partial charge in [-0.3, -0.25) is 14.8 Å². The minimum Gasteiger partial charge on any atom is -0.398 e. The summed E-state index contributed by atoms with van der Waals surface area (Å²) in [6.45, 7) is 0. The second-order valence-corrected chi connectivity index (χ2v) is 2.84. The molecule has 1 heterocycles. The highest BCUT2D eigenvalue weighted by Gasteiger charge is 2.04. The molecule has 0 saturated heterocycles. The van der Waals surface area contributed by atoms with Crippen molar-refractivity contribution in [1.29, 1.82) is 0 Å². The molecule has 0 aliphatic rings. The van der Waals surface area contributed by atoms with Gasteiger partial charge in [-0.25, -0.2) is 0 Å². The third-order valence-corrected chi connectivity index (χ3v) is 1.93. The van der Waals surface area contributed by atoms with E-state index >= 15 is 0 Å². The van der Waals surface area contributed by atoms with Gasteiger partial charge >= 0.3 is 0 Å². The van der Waals surface area contributed by atoms with Crippen molar-refractivity contribution in [2.75, 3.05) is 5.73 Å². The highest BCUT2D eigenvalue weighted by atomic mass is 16.1. The van der Waals surface area contributed by atoms with Gasteiger partial charge in [0.25, 0.3) is 0 Å². The number of carbonyl (C=O) groups is 1. The zero-order chi connectivity index (χ0) is 10.7. The van der Waals surface area contributed by atoms with Crippen LogP contribution in [-0.4, -0.2) is 16.3 Å². The number of nitrogen functional groups attached to an aromatic ring is 1. The van der Waals surface area contributed by atoms with Gasteiger partial charge < -0.3 is 5.73 Å². The van der Waals surface area contributed by atoms with Crippen LogP contribution in [0.1, 0.15) is 5.56 Å². The zero-order valence-electron chi connectivity index (χ0n) is 7.77. The van der Waals surface area contributed by atoms with Crippen molar-refractivity contribution in [1.82, 2.24) is 9.97 Å². The first-order valence-corrected chi connectivity index (χ1v) is 4.27.